The van der Waals surface area contributed by atoms with Crippen LogP contribution in [-0.2, 0) is 41.7 Å². The molecule has 0 radical (unpaired) electrons. The SMILES string of the molecule is CC(C)C[C@H](NC(=O)[C@H](CCC(N)=O)NC(=O)[C@H](Cc1ccc(OCc2ccccc2)cc1)NC(=O)[C@H](CC(C)C)NC(=O)OC(C)(C)C)C(N)=O. The van der Waals surface area contributed by atoms with Gasteiger partial charge in [0.2, 0.25) is 29.5 Å². The molecular formula is C38H56N6O8. The van der Waals surface area contributed by atoms with Gasteiger partial charge >= 0.3 is 6.09 Å². The van der Waals surface area contributed by atoms with Crippen LogP contribution in [0.25, 0.3) is 0 Å². The standard InChI is InChI=1S/C38H56N6O8/c1-23(2)19-29(33(40)46)42-34(47)28(17-18-32(39)45)41-36(49)31(43-35(48)30(20-24(3)4)44-37(50)52-38(5,6)7)21-25-13-15-27(16-14-25)51-22-26-11-9-8-10-12-26/h8-16,23-24,28-31H,17-22H2,1-7H3,(H2,39,45)(H2,40,46)(H,41,49)(H,42,47)(H,43,48)(H,44,50)/t28-,29-,30-,31-/m0/s1. The maximum Gasteiger partial charge on any atom is 0.408 e. The van der Waals surface area contributed by atoms with Crippen molar-refractivity contribution in [1.82, 2.24) is 21.3 Å². The van der Waals surface area contributed by atoms with E-state index in [0.717, 1.165) is 5.56 Å². The Balaban J connectivity index is 2.38. The second-order valence-electron chi connectivity index (χ2n) is 14.7. The van der Waals surface area contributed by atoms with Crippen LogP contribution in [0, 0.1) is 11.8 Å². The Hall–Kier alpha value is -5.14. The topological polar surface area (TPSA) is 221 Å². The maximum absolute atomic E-state index is 14.0. The van der Waals surface area contributed by atoms with Gasteiger partial charge in [0.1, 0.15) is 42.1 Å². The zero-order chi connectivity index (χ0) is 39.0. The van der Waals surface area contributed by atoms with E-state index >= 15 is 0 Å². The second-order valence-corrected chi connectivity index (χ2v) is 14.7. The molecule has 286 valence electrons. The molecule has 0 aliphatic heterocycles. The molecule has 14 heteroatoms. The first kappa shape index (κ1) is 43.0. The van der Waals surface area contributed by atoms with Crippen molar-refractivity contribution in [2.45, 2.75) is 117 Å². The summed E-state index contributed by atoms with van der Waals surface area (Å²) in [5, 5.41) is 10.6. The van der Waals surface area contributed by atoms with Crippen LogP contribution < -0.4 is 37.5 Å². The molecule has 0 heterocycles. The van der Waals surface area contributed by atoms with Crippen LogP contribution in [0.2, 0.25) is 0 Å². The smallest absolute Gasteiger partial charge is 0.408 e. The fraction of sp³-hybridized carbons (Fsp3) is 0.526. The van der Waals surface area contributed by atoms with Crippen molar-refractivity contribution in [3.63, 3.8) is 0 Å². The van der Waals surface area contributed by atoms with Gasteiger partial charge in [0.15, 0.2) is 0 Å². The summed E-state index contributed by atoms with van der Waals surface area (Å²) >= 11 is 0. The lowest BCUT2D eigenvalue weighted by Gasteiger charge is -2.27. The van der Waals surface area contributed by atoms with Crippen LogP contribution >= 0.6 is 0 Å². The molecule has 2 aromatic carbocycles. The third-order valence-electron chi connectivity index (χ3n) is 7.64. The molecule has 0 aromatic heterocycles. The van der Waals surface area contributed by atoms with E-state index in [1.54, 1.807) is 45.0 Å². The lowest BCUT2D eigenvalue weighted by atomic mass is 10.00. The van der Waals surface area contributed by atoms with E-state index in [1.807, 2.05) is 58.0 Å². The summed E-state index contributed by atoms with van der Waals surface area (Å²) in [5.74, 6) is -3.01. The fourth-order valence-electron chi connectivity index (χ4n) is 5.15. The summed E-state index contributed by atoms with van der Waals surface area (Å²) in [6.45, 7) is 12.9. The third kappa shape index (κ3) is 16.7. The number of primary amides is 2. The van der Waals surface area contributed by atoms with Crippen molar-refractivity contribution in [2.24, 2.45) is 23.3 Å². The Morgan fingerprint density at radius 2 is 1.17 bits per heavy atom. The Morgan fingerprint density at radius 1 is 0.654 bits per heavy atom. The van der Waals surface area contributed by atoms with Gasteiger partial charge in [0.25, 0.3) is 0 Å². The third-order valence-corrected chi connectivity index (χ3v) is 7.64. The molecule has 0 saturated heterocycles. The Bertz CT molecular complexity index is 1490. The Morgan fingerprint density at radius 3 is 1.71 bits per heavy atom. The first-order chi connectivity index (χ1) is 24.3. The molecular weight excluding hydrogens is 668 g/mol. The van der Waals surface area contributed by atoms with E-state index in [9.17, 15) is 28.8 Å². The first-order valence-electron chi connectivity index (χ1n) is 17.6. The van der Waals surface area contributed by atoms with Crippen molar-refractivity contribution in [2.75, 3.05) is 0 Å². The number of ether oxygens (including phenoxy) is 2. The maximum atomic E-state index is 14.0. The number of amides is 6. The molecule has 0 unspecified atom stereocenters. The highest BCUT2D eigenvalue weighted by Crippen LogP contribution is 2.17. The van der Waals surface area contributed by atoms with Crippen LogP contribution in [0.4, 0.5) is 4.79 Å². The quantitative estimate of drug-likeness (QED) is 0.119. The summed E-state index contributed by atoms with van der Waals surface area (Å²) in [6, 6.07) is 12.0. The van der Waals surface area contributed by atoms with Crippen LogP contribution in [0.5, 0.6) is 5.75 Å². The van der Waals surface area contributed by atoms with Crippen LogP contribution in [0.1, 0.15) is 85.3 Å². The summed E-state index contributed by atoms with van der Waals surface area (Å²) in [6.07, 6.45) is -0.747. The molecule has 0 bridgehead atoms. The van der Waals surface area contributed by atoms with Gasteiger partial charge in [-0.2, -0.15) is 0 Å². The minimum atomic E-state index is -1.30. The summed E-state index contributed by atoms with van der Waals surface area (Å²) < 4.78 is 11.3. The molecule has 2 aromatic rings. The number of alkyl carbamates (subject to hydrolysis) is 1. The van der Waals surface area contributed by atoms with E-state index < -0.39 is 65.4 Å². The van der Waals surface area contributed by atoms with Gasteiger partial charge in [-0.15, -0.1) is 0 Å². The minimum absolute atomic E-state index is 0.0132. The lowest BCUT2D eigenvalue weighted by molar-refractivity contribution is -0.134. The van der Waals surface area contributed by atoms with Gasteiger partial charge in [-0.05, 0) is 75.1 Å². The molecule has 4 atom stereocenters. The van der Waals surface area contributed by atoms with E-state index in [0.29, 0.717) is 17.9 Å². The average molecular weight is 725 g/mol. The van der Waals surface area contributed by atoms with Crippen LogP contribution in [-0.4, -0.2) is 65.4 Å². The highest BCUT2D eigenvalue weighted by atomic mass is 16.6. The highest BCUT2D eigenvalue weighted by Gasteiger charge is 2.32. The molecule has 0 saturated carbocycles. The van der Waals surface area contributed by atoms with E-state index in [2.05, 4.69) is 21.3 Å². The number of nitrogens with one attached hydrogen (secondary N) is 4. The van der Waals surface area contributed by atoms with Crippen molar-refractivity contribution >= 4 is 35.6 Å². The van der Waals surface area contributed by atoms with E-state index in [1.165, 1.54) is 0 Å². The van der Waals surface area contributed by atoms with Gasteiger partial charge in [-0.1, -0.05) is 70.2 Å². The van der Waals surface area contributed by atoms with Crippen LogP contribution in [0.3, 0.4) is 0 Å². The van der Waals surface area contributed by atoms with Crippen molar-refractivity contribution in [3.8, 4) is 5.75 Å². The Labute approximate surface area is 306 Å². The van der Waals surface area contributed by atoms with Gasteiger partial charge in [0.05, 0.1) is 0 Å². The number of nitrogens with two attached hydrogens (primary N) is 2. The molecule has 0 fully saturated rings. The molecule has 14 nitrogen and oxygen atoms in total. The number of hydrogen-bond acceptors (Lipinski definition) is 8. The number of carbonyl (C=O) groups excluding carboxylic acids is 6. The zero-order valence-electron chi connectivity index (χ0n) is 31.3. The van der Waals surface area contributed by atoms with E-state index in [-0.39, 0.29) is 43.9 Å². The first-order valence-corrected chi connectivity index (χ1v) is 17.6. The second kappa shape index (κ2) is 20.6. The molecule has 6 amide bonds. The van der Waals surface area contributed by atoms with Crippen LogP contribution in [0.15, 0.2) is 54.6 Å². The van der Waals surface area contributed by atoms with Gasteiger partial charge in [-0.25, -0.2) is 4.79 Å². The largest absolute Gasteiger partial charge is 0.489 e. The average Bonchev–Trinajstić information content (AvgIpc) is 3.04. The van der Waals surface area contributed by atoms with Crippen molar-refractivity contribution in [3.05, 3.63) is 65.7 Å². The predicted molar refractivity (Wildman–Crippen MR) is 196 cm³/mol. The van der Waals surface area contributed by atoms with Crippen molar-refractivity contribution in [1.29, 1.82) is 0 Å². The van der Waals surface area contributed by atoms with E-state index in [4.69, 9.17) is 20.9 Å². The molecule has 0 aliphatic rings. The minimum Gasteiger partial charge on any atom is -0.489 e. The van der Waals surface area contributed by atoms with Gasteiger partial charge < -0.3 is 42.2 Å². The molecule has 8 N–H and O–H groups in total. The summed E-state index contributed by atoms with van der Waals surface area (Å²) in [7, 11) is 0. The molecule has 0 spiro atoms. The number of carbonyl (C=O) groups is 6. The lowest BCUT2D eigenvalue weighted by Crippen LogP contribution is -2.59. The monoisotopic (exact) mass is 724 g/mol. The molecule has 52 heavy (non-hydrogen) atoms. The van der Waals surface area contributed by atoms with Crippen molar-refractivity contribution < 1.29 is 38.2 Å². The summed E-state index contributed by atoms with van der Waals surface area (Å²) in [4.78, 5) is 77.6. The fourth-order valence-corrected chi connectivity index (χ4v) is 5.15. The number of benzene rings is 2. The number of rotatable bonds is 20. The highest BCUT2D eigenvalue weighted by molar-refractivity contribution is 5.95. The molecule has 0 aliphatic carbocycles. The zero-order valence-corrected chi connectivity index (χ0v) is 31.3. The van der Waals surface area contributed by atoms with Gasteiger partial charge in [-0.3, -0.25) is 24.0 Å². The Kier molecular flexibility index (Phi) is 17.1. The van der Waals surface area contributed by atoms with Gasteiger partial charge in [0, 0.05) is 12.8 Å². The summed E-state index contributed by atoms with van der Waals surface area (Å²) in [5.41, 5.74) is 11.7. The predicted octanol–water partition coefficient (Wildman–Crippen LogP) is 3.00. The molecule has 2 rings (SSSR count). The normalized spacial score (nSPS) is 13.6. The number of hydrogen-bond donors (Lipinski definition) is 6.